The van der Waals surface area contributed by atoms with Crippen LogP contribution in [0.3, 0.4) is 0 Å². The molecule has 1 aromatic rings. The van der Waals surface area contributed by atoms with Crippen molar-refractivity contribution in [1.82, 2.24) is 0 Å². The molecule has 0 spiro atoms. The Morgan fingerprint density at radius 2 is 2.08 bits per heavy atom. The van der Waals surface area contributed by atoms with Crippen LogP contribution < -0.4 is 0 Å². The average Bonchev–Trinajstić information content (AvgIpc) is 2.03. The van der Waals surface area contributed by atoms with E-state index >= 15 is 0 Å². The summed E-state index contributed by atoms with van der Waals surface area (Å²) in [6.07, 6.45) is 2.03. The molecule has 12 heavy (non-hydrogen) atoms. The van der Waals surface area contributed by atoms with Crippen LogP contribution in [-0.4, -0.2) is 10.0 Å². The Hall–Kier alpha value is -1.84. The lowest BCUT2D eigenvalue weighted by Crippen LogP contribution is -1.82. The number of benzene rings is 1. The van der Waals surface area contributed by atoms with E-state index in [4.69, 9.17) is 5.11 Å². The van der Waals surface area contributed by atoms with Crippen molar-refractivity contribution in [3.8, 4) is 5.75 Å². The molecule has 0 saturated heterocycles. The highest BCUT2D eigenvalue weighted by Gasteiger charge is 1.95. The van der Waals surface area contributed by atoms with Crippen molar-refractivity contribution >= 4 is 6.08 Å². The van der Waals surface area contributed by atoms with Crippen LogP contribution in [0.25, 0.3) is 6.08 Å². The molecule has 1 aromatic carbocycles. The van der Waals surface area contributed by atoms with Gasteiger partial charge >= 0.3 is 0 Å². The van der Waals surface area contributed by atoms with Crippen LogP contribution in [0.5, 0.6) is 5.75 Å². The van der Waals surface area contributed by atoms with Gasteiger partial charge in [0.15, 0.2) is 0 Å². The smallest absolute Gasteiger partial charge is 0.235 e. The third-order valence-corrected chi connectivity index (χ3v) is 1.31. The van der Waals surface area contributed by atoms with Crippen LogP contribution in [0.2, 0.25) is 0 Å². The molecule has 0 radical (unpaired) electrons. The first-order chi connectivity index (χ1) is 5.70. The number of nitro groups is 1. The zero-order chi connectivity index (χ0) is 8.97. The van der Waals surface area contributed by atoms with Crippen molar-refractivity contribution in [1.29, 1.82) is 0 Å². The fraction of sp³-hybridized carbons (Fsp3) is 0. The standard InChI is InChI=1S/C8H7NO3/c10-8-4-2-1-3-7(8)5-6-9(11)12/h1-6,10H/b6-5+. The van der Waals surface area contributed by atoms with Gasteiger partial charge in [0.1, 0.15) is 5.75 Å². The fourth-order valence-corrected chi connectivity index (χ4v) is 0.770. The minimum Gasteiger partial charge on any atom is -0.507 e. The van der Waals surface area contributed by atoms with Gasteiger partial charge in [0.2, 0.25) is 6.20 Å². The number of nitrogens with zero attached hydrogens (tertiary/aromatic N) is 1. The van der Waals surface area contributed by atoms with Crippen molar-refractivity contribution in [3.05, 3.63) is 46.1 Å². The molecule has 0 unspecified atom stereocenters. The van der Waals surface area contributed by atoms with Gasteiger partial charge in [-0.3, -0.25) is 10.1 Å². The Kier molecular flexibility index (Phi) is 2.42. The van der Waals surface area contributed by atoms with Crippen molar-refractivity contribution in [2.45, 2.75) is 0 Å². The predicted molar refractivity (Wildman–Crippen MR) is 44.1 cm³/mol. The summed E-state index contributed by atoms with van der Waals surface area (Å²) in [6, 6.07) is 6.41. The van der Waals surface area contributed by atoms with Crippen LogP contribution in [0, 0.1) is 10.1 Å². The third kappa shape index (κ3) is 2.09. The maximum atomic E-state index is 9.92. The van der Waals surface area contributed by atoms with Crippen LogP contribution >= 0.6 is 0 Å². The van der Waals surface area contributed by atoms with Gasteiger partial charge in [-0.1, -0.05) is 18.2 Å². The molecule has 0 heterocycles. The van der Waals surface area contributed by atoms with Crippen molar-refractivity contribution in [2.75, 3.05) is 0 Å². The molecule has 62 valence electrons. The van der Waals surface area contributed by atoms with E-state index in [0.29, 0.717) is 5.56 Å². The maximum absolute atomic E-state index is 9.92. The summed E-state index contributed by atoms with van der Waals surface area (Å²) < 4.78 is 0. The van der Waals surface area contributed by atoms with Crippen LogP contribution in [0.15, 0.2) is 30.5 Å². The van der Waals surface area contributed by atoms with Gasteiger partial charge in [0.05, 0.1) is 4.92 Å². The van der Waals surface area contributed by atoms with Gasteiger partial charge in [-0.25, -0.2) is 0 Å². The summed E-state index contributed by atoms with van der Waals surface area (Å²) in [7, 11) is 0. The third-order valence-electron chi connectivity index (χ3n) is 1.31. The number of para-hydroxylation sites is 1. The van der Waals surface area contributed by atoms with E-state index in [-0.39, 0.29) is 5.75 Å². The molecule has 0 aromatic heterocycles. The van der Waals surface area contributed by atoms with Gasteiger partial charge in [-0.15, -0.1) is 0 Å². The number of hydrogen-bond donors (Lipinski definition) is 1. The second-order valence-electron chi connectivity index (χ2n) is 2.16. The lowest BCUT2D eigenvalue weighted by molar-refractivity contribution is -0.400. The largest absolute Gasteiger partial charge is 0.507 e. The maximum Gasteiger partial charge on any atom is 0.235 e. The monoisotopic (exact) mass is 165 g/mol. The topological polar surface area (TPSA) is 63.4 Å². The van der Waals surface area contributed by atoms with E-state index in [9.17, 15) is 10.1 Å². The number of phenols is 1. The van der Waals surface area contributed by atoms with Crippen LogP contribution in [-0.2, 0) is 0 Å². The molecule has 0 atom stereocenters. The molecule has 0 aliphatic heterocycles. The van der Waals surface area contributed by atoms with Crippen molar-refractivity contribution in [2.24, 2.45) is 0 Å². The predicted octanol–water partition coefficient (Wildman–Crippen LogP) is 1.64. The highest BCUT2D eigenvalue weighted by molar-refractivity contribution is 5.55. The second-order valence-corrected chi connectivity index (χ2v) is 2.16. The highest BCUT2D eigenvalue weighted by atomic mass is 16.6. The molecule has 0 aliphatic rings. The minimum absolute atomic E-state index is 0.0376. The van der Waals surface area contributed by atoms with Gasteiger partial charge < -0.3 is 5.11 Å². The van der Waals surface area contributed by atoms with Gasteiger partial charge in [0.25, 0.3) is 0 Å². The quantitative estimate of drug-likeness (QED) is 0.535. The Morgan fingerprint density at radius 3 is 2.67 bits per heavy atom. The molecule has 0 fully saturated rings. The summed E-state index contributed by atoms with van der Waals surface area (Å²) in [5.41, 5.74) is 0.439. The Bertz CT molecular complexity index is 320. The summed E-state index contributed by atoms with van der Waals surface area (Å²) in [5.74, 6) is 0.0376. The lowest BCUT2D eigenvalue weighted by atomic mass is 10.2. The summed E-state index contributed by atoms with van der Waals surface area (Å²) in [4.78, 5) is 9.34. The average molecular weight is 165 g/mol. The van der Waals surface area contributed by atoms with Crippen molar-refractivity contribution in [3.63, 3.8) is 0 Å². The molecule has 1 N–H and O–H groups in total. The Labute approximate surface area is 68.9 Å². The molecule has 0 saturated carbocycles. The van der Waals surface area contributed by atoms with E-state index in [1.807, 2.05) is 0 Å². The van der Waals surface area contributed by atoms with E-state index < -0.39 is 4.92 Å². The zero-order valence-corrected chi connectivity index (χ0v) is 6.18. The SMILES string of the molecule is O=[N+]([O-])/C=C/c1ccccc1O. The Balaban J connectivity index is 2.89. The molecule has 1 rings (SSSR count). The van der Waals surface area contributed by atoms with Crippen LogP contribution in [0.4, 0.5) is 0 Å². The number of rotatable bonds is 2. The van der Waals surface area contributed by atoms with Crippen molar-refractivity contribution < 1.29 is 10.0 Å². The fourth-order valence-electron chi connectivity index (χ4n) is 0.770. The molecule has 0 bridgehead atoms. The first-order valence-electron chi connectivity index (χ1n) is 3.30. The highest BCUT2D eigenvalue weighted by Crippen LogP contribution is 2.16. The molecule has 0 aliphatic carbocycles. The number of hydrogen-bond acceptors (Lipinski definition) is 3. The molecule has 4 heteroatoms. The molecular weight excluding hydrogens is 158 g/mol. The van der Waals surface area contributed by atoms with E-state index in [2.05, 4.69) is 0 Å². The molecule has 4 nitrogen and oxygen atoms in total. The lowest BCUT2D eigenvalue weighted by Gasteiger charge is -1.94. The van der Waals surface area contributed by atoms with Crippen LogP contribution in [0.1, 0.15) is 5.56 Å². The van der Waals surface area contributed by atoms with E-state index in [0.717, 1.165) is 6.20 Å². The summed E-state index contributed by atoms with van der Waals surface area (Å²) in [5, 5.41) is 19.1. The van der Waals surface area contributed by atoms with Gasteiger partial charge in [-0.05, 0) is 6.07 Å². The van der Waals surface area contributed by atoms with E-state index in [1.165, 1.54) is 12.1 Å². The first kappa shape index (κ1) is 8.26. The van der Waals surface area contributed by atoms with Gasteiger partial charge in [-0.2, -0.15) is 0 Å². The molecule has 0 amide bonds. The first-order valence-corrected chi connectivity index (χ1v) is 3.30. The minimum atomic E-state index is -0.577. The summed E-state index contributed by atoms with van der Waals surface area (Å²) in [6.45, 7) is 0. The van der Waals surface area contributed by atoms with E-state index in [1.54, 1.807) is 18.2 Å². The molecular formula is C8H7NO3. The number of phenolic OH excluding ortho intramolecular Hbond substituents is 1. The second kappa shape index (κ2) is 3.52. The number of aromatic hydroxyl groups is 1. The Morgan fingerprint density at radius 1 is 1.42 bits per heavy atom. The van der Waals surface area contributed by atoms with Gasteiger partial charge in [0, 0.05) is 11.6 Å². The normalized spacial score (nSPS) is 10.3. The zero-order valence-electron chi connectivity index (χ0n) is 6.18. The summed E-state index contributed by atoms with van der Waals surface area (Å²) >= 11 is 0.